The van der Waals surface area contributed by atoms with Crippen molar-refractivity contribution in [1.29, 1.82) is 0 Å². The summed E-state index contributed by atoms with van der Waals surface area (Å²) >= 11 is 1.11. The van der Waals surface area contributed by atoms with E-state index in [9.17, 15) is 4.79 Å². The van der Waals surface area contributed by atoms with Gasteiger partial charge in [-0.2, -0.15) is 10.1 Å². The minimum Gasteiger partial charge on any atom is -0.351 e. The summed E-state index contributed by atoms with van der Waals surface area (Å²) in [6, 6.07) is 0. The molecule has 3 heterocycles. The summed E-state index contributed by atoms with van der Waals surface area (Å²) in [6.07, 6.45) is 6.77. The lowest BCUT2D eigenvalue weighted by molar-refractivity contribution is 0.0956. The summed E-state index contributed by atoms with van der Waals surface area (Å²) in [6.45, 7) is 2.36. The lowest BCUT2D eigenvalue weighted by Gasteiger charge is -2.04. The molecule has 1 N–H and O–H groups in total. The molecule has 0 fully saturated rings. The molecule has 3 rings (SSSR count). The van der Waals surface area contributed by atoms with Gasteiger partial charge in [0.1, 0.15) is 11.2 Å². The van der Waals surface area contributed by atoms with E-state index in [4.69, 9.17) is 0 Å². The second-order valence-corrected chi connectivity index (χ2v) is 5.27. The molecule has 1 amide bonds. The number of nitrogens with zero attached hydrogens (tertiary/aromatic N) is 6. The number of carbonyl (C=O) groups excluding carboxylic acids is 1. The highest BCUT2D eigenvalue weighted by Gasteiger charge is 2.12. The van der Waals surface area contributed by atoms with Crippen molar-refractivity contribution in [2.24, 2.45) is 0 Å². The monoisotopic (exact) mass is 303 g/mol. The molecule has 0 aliphatic carbocycles. The van der Waals surface area contributed by atoms with Gasteiger partial charge in [0.2, 0.25) is 0 Å². The smallest absolute Gasteiger partial charge is 0.264 e. The fourth-order valence-electron chi connectivity index (χ4n) is 1.90. The molecule has 0 spiro atoms. The molecule has 0 aliphatic rings. The molecular formula is C12H13N7OS. The SMILES string of the molecule is Cc1nnsc1C(=O)NCCCc1cnc2ncnn2c1. The van der Waals surface area contributed by atoms with Crippen molar-refractivity contribution in [2.45, 2.75) is 19.8 Å². The number of aryl methyl sites for hydroxylation is 2. The zero-order chi connectivity index (χ0) is 14.7. The van der Waals surface area contributed by atoms with Crippen LogP contribution in [0.3, 0.4) is 0 Å². The second kappa shape index (κ2) is 5.92. The summed E-state index contributed by atoms with van der Waals surface area (Å²) in [5.41, 5.74) is 1.72. The van der Waals surface area contributed by atoms with Crippen LogP contribution in [0.2, 0.25) is 0 Å². The summed E-state index contributed by atoms with van der Waals surface area (Å²) in [7, 11) is 0. The van der Waals surface area contributed by atoms with Gasteiger partial charge in [0, 0.05) is 18.9 Å². The van der Waals surface area contributed by atoms with Crippen LogP contribution in [0.15, 0.2) is 18.7 Å². The van der Waals surface area contributed by atoms with Crippen LogP contribution in [0.5, 0.6) is 0 Å². The van der Waals surface area contributed by atoms with Gasteiger partial charge in [-0.3, -0.25) is 4.79 Å². The number of amides is 1. The van der Waals surface area contributed by atoms with E-state index in [-0.39, 0.29) is 5.91 Å². The molecule has 21 heavy (non-hydrogen) atoms. The van der Waals surface area contributed by atoms with E-state index < -0.39 is 0 Å². The molecule has 9 heteroatoms. The number of hydrogen-bond donors (Lipinski definition) is 1. The number of rotatable bonds is 5. The average Bonchev–Trinajstić information content (AvgIpc) is 3.11. The molecule has 8 nitrogen and oxygen atoms in total. The molecule has 3 aromatic heterocycles. The Labute approximate surface area is 124 Å². The maximum Gasteiger partial charge on any atom is 0.264 e. The van der Waals surface area contributed by atoms with E-state index in [1.54, 1.807) is 17.6 Å². The summed E-state index contributed by atoms with van der Waals surface area (Å²) in [4.78, 5) is 20.6. The van der Waals surface area contributed by atoms with Crippen LogP contribution in [0.4, 0.5) is 0 Å². The first-order chi connectivity index (χ1) is 10.2. The van der Waals surface area contributed by atoms with Crippen LogP contribution in [-0.4, -0.2) is 41.6 Å². The van der Waals surface area contributed by atoms with E-state index in [0.29, 0.717) is 22.9 Å². The van der Waals surface area contributed by atoms with Crippen LogP contribution in [-0.2, 0) is 6.42 Å². The van der Waals surface area contributed by atoms with Crippen LogP contribution < -0.4 is 5.32 Å². The van der Waals surface area contributed by atoms with Gasteiger partial charge >= 0.3 is 0 Å². The molecule has 108 valence electrons. The van der Waals surface area contributed by atoms with Gasteiger partial charge in [-0.15, -0.1) is 5.10 Å². The average molecular weight is 303 g/mol. The maximum atomic E-state index is 11.9. The number of nitrogens with one attached hydrogen (secondary N) is 1. The van der Waals surface area contributed by atoms with E-state index >= 15 is 0 Å². The molecule has 0 aliphatic heterocycles. The first-order valence-electron chi connectivity index (χ1n) is 6.45. The fourth-order valence-corrected chi connectivity index (χ4v) is 2.47. The third-order valence-electron chi connectivity index (χ3n) is 2.97. The van der Waals surface area contributed by atoms with Gasteiger partial charge < -0.3 is 5.32 Å². The molecule has 0 aromatic carbocycles. The second-order valence-electron chi connectivity index (χ2n) is 4.51. The standard InChI is InChI=1S/C12H13N7OS/c1-8-10(21-18-17-8)11(20)13-4-2-3-9-5-14-12-15-7-16-19(12)6-9/h5-7H,2-4H2,1H3,(H,13,20). The largest absolute Gasteiger partial charge is 0.351 e. The van der Waals surface area contributed by atoms with E-state index in [0.717, 1.165) is 29.9 Å². The third kappa shape index (κ3) is 3.02. The van der Waals surface area contributed by atoms with Crippen molar-refractivity contribution in [3.63, 3.8) is 0 Å². The normalized spacial score (nSPS) is 10.9. The quantitative estimate of drug-likeness (QED) is 0.695. The minimum absolute atomic E-state index is 0.118. The van der Waals surface area contributed by atoms with E-state index in [1.807, 2.05) is 6.20 Å². The van der Waals surface area contributed by atoms with Gasteiger partial charge in [0.05, 0.1) is 5.69 Å². The van der Waals surface area contributed by atoms with Gasteiger partial charge in [-0.1, -0.05) is 4.49 Å². The Balaban J connectivity index is 1.50. The zero-order valence-electron chi connectivity index (χ0n) is 11.4. The van der Waals surface area contributed by atoms with E-state index in [1.165, 1.54) is 6.33 Å². The van der Waals surface area contributed by atoms with Crippen molar-refractivity contribution in [1.82, 2.24) is 34.5 Å². The predicted octanol–water partition coefficient (Wildman–Crippen LogP) is 0.647. The molecular weight excluding hydrogens is 290 g/mol. The van der Waals surface area contributed by atoms with Gasteiger partial charge in [-0.05, 0) is 36.9 Å². The van der Waals surface area contributed by atoms with Crippen LogP contribution in [0.1, 0.15) is 27.3 Å². The van der Waals surface area contributed by atoms with Gasteiger partial charge in [0.25, 0.3) is 11.7 Å². The number of aromatic nitrogens is 6. The molecule has 0 unspecified atom stereocenters. The number of hydrogen-bond acceptors (Lipinski definition) is 7. The topological polar surface area (TPSA) is 98.0 Å². The third-order valence-corrected chi connectivity index (χ3v) is 3.80. The van der Waals surface area contributed by atoms with Crippen LogP contribution >= 0.6 is 11.5 Å². The number of carbonyl (C=O) groups is 1. The van der Waals surface area contributed by atoms with Crippen molar-refractivity contribution < 1.29 is 4.79 Å². The Hall–Kier alpha value is -2.42. The Bertz CT molecular complexity index is 766. The predicted molar refractivity (Wildman–Crippen MR) is 76.1 cm³/mol. The maximum absolute atomic E-state index is 11.9. The van der Waals surface area contributed by atoms with Gasteiger partial charge in [-0.25, -0.2) is 9.50 Å². The molecule has 0 saturated heterocycles. The summed E-state index contributed by atoms with van der Waals surface area (Å²) in [5, 5.41) is 10.7. The highest BCUT2D eigenvalue weighted by atomic mass is 32.1. The minimum atomic E-state index is -0.118. The molecule has 0 atom stereocenters. The lowest BCUT2D eigenvalue weighted by atomic mass is 10.2. The van der Waals surface area contributed by atoms with E-state index in [2.05, 4.69) is 30.0 Å². The molecule has 3 aromatic rings. The Morgan fingerprint density at radius 2 is 2.33 bits per heavy atom. The highest BCUT2D eigenvalue weighted by molar-refractivity contribution is 7.07. The first kappa shape index (κ1) is 13.6. The zero-order valence-corrected chi connectivity index (χ0v) is 12.2. The van der Waals surface area contributed by atoms with Crippen molar-refractivity contribution in [3.8, 4) is 0 Å². The van der Waals surface area contributed by atoms with Crippen molar-refractivity contribution in [2.75, 3.05) is 6.54 Å². The summed E-state index contributed by atoms with van der Waals surface area (Å²) in [5.74, 6) is 0.465. The number of fused-ring (bicyclic) bond motifs is 1. The van der Waals surface area contributed by atoms with Crippen molar-refractivity contribution in [3.05, 3.63) is 34.9 Å². The summed E-state index contributed by atoms with van der Waals surface area (Å²) < 4.78 is 5.39. The Morgan fingerprint density at radius 1 is 1.43 bits per heavy atom. The first-order valence-corrected chi connectivity index (χ1v) is 7.23. The lowest BCUT2D eigenvalue weighted by Crippen LogP contribution is -2.24. The van der Waals surface area contributed by atoms with Crippen LogP contribution in [0, 0.1) is 6.92 Å². The Kier molecular flexibility index (Phi) is 3.82. The molecule has 0 radical (unpaired) electrons. The van der Waals surface area contributed by atoms with Crippen molar-refractivity contribution >= 4 is 23.2 Å². The van der Waals surface area contributed by atoms with Gasteiger partial charge in [0.15, 0.2) is 0 Å². The Morgan fingerprint density at radius 3 is 3.14 bits per heavy atom. The van der Waals surface area contributed by atoms with Crippen LogP contribution in [0.25, 0.3) is 5.78 Å². The fraction of sp³-hybridized carbons (Fsp3) is 0.333. The highest BCUT2D eigenvalue weighted by Crippen LogP contribution is 2.08. The molecule has 0 bridgehead atoms. The molecule has 0 saturated carbocycles.